The summed E-state index contributed by atoms with van der Waals surface area (Å²) in [4.78, 5) is 2.30. The average molecular weight is 452 g/mol. The minimum atomic E-state index is 0.672. The predicted octanol–water partition coefficient (Wildman–Crippen LogP) is 6.40. The Morgan fingerprint density at radius 2 is 1.42 bits per heavy atom. The molecule has 0 spiro atoms. The van der Waals surface area contributed by atoms with Crippen molar-refractivity contribution in [3.05, 3.63) is 90.0 Å². The minimum Gasteiger partial charge on any atom is -0.353 e. The first kappa shape index (κ1) is 19.9. The van der Waals surface area contributed by atoms with Gasteiger partial charge in [-0.1, -0.05) is 78.3 Å². The van der Waals surface area contributed by atoms with E-state index in [0.29, 0.717) is 5.02 Å². The van der Waals surface area contributed by atoms with Gasteiger partial charge in [0.15, 0.2) is 5.82 Å². The first-order valence-electron chi connectivity index (χ1n) is 11.2. The molecule has 2 aromatic heterocycles. The van der Waals surface area contributed by atoms with Crippen LogP contribution >= 0.6 is 11.6 Å². The lowest BCUT2D eigenvalue weighted by Gasteiger charge is -2.16. The molecule has 0 atom stereocenters. The second kappa shape index (κ2) is 8.34. The van der Waals surface area contributed by atoms with Crippen LogP contribution in [0.1, 0.15) is 12.8 Å². The fourth-order valence-electron chi connectivity index (χ4n) is 4.59. The number of nitrogens with zero attached hydrogens (tertiary/aromatic N) is 5. The minimum absolute atomic E-state index is 0.672. The molecule has 1 fully saturated rings. The standard InChI is InChI=1S/C27H22ClN5/c28-21-14-9-15-22(18-21)33-26(20-12-5-2-6-13-20)23-24(19-10-3-1-4-11-19)29-30-27(25(23)31-33)32-16-7-8-17-32/h1-6,9-15,18H,7-8,16-17H2. The van der Waals surface area contributed by atoms with Crippen molar-refractivity contribution < 1.29 is 0 Å². The molecule has 0 bridgehead atoms. The van der Waals surface area contributed by atoms with Gasteiger partial charge in [0.2, 0.25) is 0 Å². The van der Waals surface area contributed by atoms with Gasteiger partial charge in [-0.05, 0) is 31.0 Å². The quantitative estimate of drug-likeness (QED) is 0.317. The molecule has 0 unspecified atom stereocenters. The zero-order valence-electron chi connectivity index (χ0n) is 18.0. The largest absolute Gasteiger partial charge is 0.353 e. The molecular weight excluding hydrogens is 430 g/mol. The van der Waals surface area contributed by atoms with Crippen molar-refractivity contribution in [2.45, 2.75) is 12.8 Å². The van der Waals surface area contributed by atoms with E-state index in [-0.39, 0.29) is 0 Å². The van der Waals surface area contributed by atoms with E-state index in [1.54, 1.807) is 0 Å². The number of aromatic nitrogens is 4. The maximum atomic E-state index is 6.38. The topological polar surface area (TPSA) is 46.8 Å². The zero-order valence-corrected chi connectivity index (χ0v) is 18.8. The lowest BCUT2D eigenvalue weighted by molar-refractivity contribution is 0.881. The van der Waals surface area contributed by atoms with Crippen LogP contribution in [0, 0.1) is 0 Å². The number of hydrogen-bond donors (Lipinski definition) is 0. The fourth-order valence-corrected chi connectivity index (χ4v) is 4.78. The van der Waals surface area contributed by atoms with Gasteiger partial charge in [-0.2, -0.15) is 5.10 Å². The Hall–Kier alpha value is -3.70. The van der Waals surface area contributed by atoms with Gasteiger partial charge in [-0.25, -0.2) is 4.68 Å². The van der Waals surface area contributed by atoms with E-state index in [1.165, 1.54) is 0 Å². The maximum absolute atomic E-state index is 6.38. The molecule has 5 nitrogen and oxygen atoms in total. The van der Waals surface area contributed by atoms with Crippen molar-refractivity contribution in [1.29, 1.82) is 0 Å². The maximum Gasteiger partial charge on any atom is 0.179 e. The Labute approximate surface area is 197 Å². The Kier molecular flexibility index (Phi) is 5.04. The summed E-state index contributed by atoms with van der Waals surface area (Å²) in [6.45, 7) is 1.94. The molecule has 33 heavy (non-hydrogen) atoms. The molecule has 0 radical (unpaired) electrons. The third kappa shape index (κ3) is 3.55. The normalized spacial score (nSPS) is 13.7. The van der Waals surface area contributed by atoms with Gasteiger partial charge in [0.1, 0.15) is 11.2 Å². The zero-order chi connectivity index (χ0) is 22.2. The molecular formula is C27H22ClN5. The highest BCUT2D eigenvalue weighted by Gasteiger charge is 2.26. The third-order valence-corrected chi connectivity index (χ3v) is 6.37. The summed E-state index contributed by atoms with van der Waals surface area (Å²) >= 11 is 6.38. The number of benzene rings is 3. The average Bonchev–Trinajstić information content (AvgIpc) is 3.53. The van der Waals surface area contributed by atoms with Crippen molar-refractivity contribution >= 4 is 28.3 Å². The van der Waals surface area contributed by atoms with Crippen LogP contribution < -0.4 is 4.90 Å². The summed E-state index contributed by atoms with van der Waals surface area (Å²) in [7, 11) is 0. The molecule has 1 aliphatic rings. The van der Waals surface area contributed by atoms with Crippen LogP contribution in [0.5, 0.6) is 0 Å². The van der Waals surface area contributed by atoms with Crippen molar-refractivity contribution in [1.82, 2.24) is 20.0 Å². The molecule has 0 N–H and O–H groups in total. The fraction of sp³-hybridized carbons (Fsp3) is 0.148. The van der Waals surface area contributed by atoms with Crippen molar-refractivity contribution in [3.63, 3.8) is 0 Å². The molecule has 1 aliphatic heterocycles. The van der Waals surface area contributed by atoms with E-state index in [0.717, 1.165) is 70.9 Å². The van der Waals surface area contributed by atoms with Gasteiger partial charge in [0.25, 0.3) is 0 Å². The number of rotatable bonds is 4. The van der Waals surface area contributed by atoms with Crippen LogP contribution in [0.25, 0.3) is 39.1 Å². The summed E-state index contributed by atoms with van der Waals surface area (Å²) in [5, 5.41) is 16.3. The van der Waals surface area contributed by atoms with E-state index in [4.69, 9.17) is 26.9 Å². The summed E-state index contributed by atoms with van der Waals surface area (Å²) in [5.74, 6) is 0.847. The lowest BCUT2D eigenvalue weighted by Crippen LogP contribution is -2.20. The molecule has 0 amide bonds. The molecule has 0 aliphatic carbocycles. The summed E-state index contributed by atoms with van der Waals surface area (Å²) < 4.78 is 1.99. The Morgan fingerprint density at radius 1 is 0.727 bits per heavy atom. The van der Waals surface area contributed by atoms with E-state index >= 15 is 0 Å². The molecule has 3 aromatic carbocycles. The number of halogens is 1. The van der Waals surface area contributed by atoms with Crippen molar-refractivity contribution in [3.8, 4) is 28.2 Å². The first-order chi connectivity index (χ1) is 16.3. The molecule has 162 valence electrons. The highest BCUT2D eigenvalue weighted by molar-refractivity contribution is 6.30. The van der Waals surface area contributed by atoms with E-state index in [1.807, 2.05) is 53.2 Å². The second-order valence-electron chi connectivity index (χ2n) is 8.26. The van der Waals surface area contributed by atoms with Gasteiger partial charge >= 0.3 is 0 Å². The van der Waals surface area contributed by atoms with Gasteiger partial charge in [-0.15, -0.1) is 10.2 Å². The second-order valence-corrected chi connectivity index (χ2v) is 8.70. The van der Waals surface area contributed by atoms with Gasteiger partial charge < -0.3 is 4.90 Å². The van der Waals surface area contributed by atoms with Crippen LogP contribution in [0.3, 0.4) is 0 Å². The lowest BCUT2D eigenvalue weighted by atomic mass is 10.0. The Morgan fingerprint density at radius 3 is 2.12 bits per heavy atom. The van der Waals surface area contributed by atoms with Gasteiger partial charge in [-0.3, -0.25) is 0 Å². The van der Waals surface area contributed by atoms with Crippen LogP contribution in [0.2, 0.25) is 5.02 Å². The first-order valence-corrected chi connectivity index (χ1v) is 11.6. The number of anilines is 1. The van der Waals surface area contributed by atoms with Crippen molar-refractivity contribution in [2.75, 3.05) is 18.0 Å². The SMILES string of the molecule is Clc1cccc(-n2nc3c(N4CCCC4)nnc(-c4ccccc4)c3c2-c2ccccc2)c1. The predicted molar refractivity (Wildman–Crippen MR) is 134 cm³/mol. The number of hydrogen-bond acceptors (Lipinski definition) is 4. The highest BCUT2D eigenvalue weighted by atomic mass is 35.5. The van der Waals surface area contributed by atoms with Gasteiger partial charge in [0.05, 0.1) is 16.8 Å². The molecule has 6 rings (SSSR count). The molecule has 1 saturated heterocycles. The van der Waals surface area contributed by atoms with Crippen LogP contribution in [0.4, 0.5) is 5.82 Å². The van der Waals surface area contributed by atoms with E-state index < -0.39 is 0 Å². The third-order valence-electron chi connectivity index (χ3n) is 6.13. The van der Waals surface area contributed by atoms with Crippen LogP contribution in [0.15, 0.2) is 84.9 Å². The number of fused-ring (bicyclic) bond motifs is 1. The highest BCUT2D eigenvalue weighted by Crippen LogP contribution is 2.40. The van der Waals surface area contributed by atoms with E-state index in [9.17, 15) is 0 Å². The summed E-state index contributed by atoms with van der Waals surface area (Å²) in [6.07, 6.45) is 2.31. The van der Waals surface area contributed by atoms with Gasteiger partial charge in [0, 0.05) is 29.2 Å². The van der Waals surface area contributed by atoms with E-state index in [2.05, 4.69) is 41.3 Å². The molecule has 0 saturated carbocycles. The molecule has 3 heterocycles. The Balaban J connectivity index is 1.74. The smallest absolute Gasteiger partial charge is 0.179 e. The van der Waals surface area contributed by atoms with Crippen LogP contribution in [-0.2, 0) is 0 Å². The molecule has 5 aromatic rings. The Bertz CT molecular complexity index is 1420. The van der Waals surface area contributed by atoms with Crippen LogP contribution in [-0.4, -0.2) is 33.1 Å². The van der Waals surface area contributed by atoms with Crippen molar-refractivity contribution in [2.24, 2.45) is 0 Å². The molecule has 6 heteroatoms. The summed E-state index contributed by atoms with van der Waals surface area (Å²) in [6, 6.07) is 28.4. The summed E-state index contributed by atoms with van der Waals surface area (Å²) in [5.41, 5.74) is 5.68. The monoisotopic (exact) mass is 451 g/mol.